The van der Waals surface area contributed by atoms with Crippen LogP contribution >= 0.6 is 34.8 Å². The molecule has 0 aliphatic heterocycles. The highest BCUT2D eigenvalue weighted by Crippen LogP contribution is 2.33. The van der Waals surface area contributed by atoms with Gasteiger partial charge in [-0.25, -0.2) is 8.42 Å². The molecule has 1 saturated carbocycles. The zero-order valence-electron chi connectivity index (χ0n) is 27.9. The first kappa shape index (κ1) is 37.5. The number of ether oxygens (including phenoxy) is 1. The summed E-state index contributed by atoms with van der Waals surface area (Å²) in [5.41, 5.74) is 2.50. The average Bonchev–Trinajstić information content (AvgIpc) is 3.11. The van der Waals surface area contributed by atoms with Crippen LogP contribution in [0.2, 0.25) is 15.1 Å². The van der Waals surface area contributed by atoms with E-state index in [2.05, 4.69) is 5.32 Å². The minimum Gasteiger partial charge on any atom is -0.495 e. The van der Waals surface area contributed by atoms with Gasteiger partial charge in [0.25, 0.3) is 10.0 Å². The number of anilines is 1. The molecule has 0 unspecified atom stereocenters. The molecule has 50 heavy (non-hydrogen) atoms. The number of carbonyl (C=O) groups is 2. The Morgan fingerprint density at radius 3 is 2.18 bits per heavy atom. The number of benzene rings is 4. The van der Waals surface area contributed by atoms with Crippen molar-refractivity contribution in [2.45, 2.75) is 69.0 Å². The molecule has 0 saturated heterocycles. The summed E-state index contributed by atoms with van der Waals surface area (Å²) in [6.45, 7) is 1.20. The maximum atomic E-state index is 14.8. The summed E-state index contributed by atoms with van der Waals surface area (Å²) in [7, 11) is -2.85. The van der Waals surface area contributed by atoms with Gasteiger partial charge in [0, 0.05) is 19.0 Å². The zero-order valence-corrected chi connectivity index (χ0v) is 31.0. The van der Waals surface area contributed by atoms with Crippen molar-refractivity contribution in [3.63, 3.8) is 0 Å². The van der Waals surface area contributed by atoms with Gasteiger partial charge in [-0.1, -0.05) is 108 Å². The largest absolute Gasteiger partial charge is 0.495 e. The molecule has 8 nitrogen and oxygen atoms in total. The number of sulfonamides is 1. The Kier molecular flexibility index (Phi) is 12.7. The number of rotatable bonds is 13. The Morgan fingerprint density at radius 1 is 0.840 bits per heavy atom. The molecule has 0 heterocycles. The Bertz CT molecular complexity index is 1900. The highest BCUT2D eigenvalue weighted by Gasteiger charge is 2.35. The molecule has 0 aromatic heterocycles. The average molecular weight is 757 g/mol. The van der Waals surface area contributed by atoms with Crippen molar-refractivity contribution in [3.05, 3.63) is 123 Å². The lowest BCUT2D eigenvalue weighted by Crippen LogP contribution is -2.55. The summed E-state index contributed by atoms with van der Waals surface area (Å²) in [6.07, 6.45) is 5.04. The van der Waals surface area contributed by atoms with Crippen LogP contribution in [0.1, 0.15) is 48.8 Å². The van der Waals surface area contributed by atoms with Gasteiger partial charge in [-0.05, 0) is 73.4 Å². The summed E-state index contributed by atoms with van der Waals surface area (Å²) in [5.74, 6) is -0.564. The predicted molar refractivity (Wildman–Crippen MR) is 200 cm³/mol. The number of hydrogen-bond acceptors (Lipinski definition) is 5. The van der Waals surface area contributed by atoms with Gasteiger partial charge in [0.1, 0.15) is 18.3 Å². The van der Waals surface area contributed by atoms with E-state index in [1.54, 1.807) is 36.4 Å². The first-order valence-electron chi connectivity index (χ1n) is 16.5. The highest BCUT2D eigenvalue weighted by atomic mass is 35.5. The van der Waals surface area contributed by atoms with E-state index in [1.165, 1.54) is 36.3 Å². The van der Waals surface area contributed by atoms with E-state index in [1.807, 2.05) is 37.3 Å². The molecule has 12 heteroatoms. The second-order valence-corrected chi connectivity index (χ2v) is 15.5. The van der Waals surface area contributed by atoms with Crippen molar-refractivity contribution in [3.8, 4) is 5.75 Å². The molecule has 1 aliphatic carbocycles. The fraction of sp³-hybridized carbons (Fsp3) is 0.316. The van der Waals surface area contributed by atoms with Crippen LogP contribution in [-0.4, -0.2) is 50.9 Å². The summed E-state index contributed by atoms with van der Waals surface area (Å²) < 4.78 is 35.0. The van der Waals surface area contributed by atoms with Crippen LogP contribution in [-0.2, 0) is 32.6 Å². The van der Waals surface area contributed by atoms with Gasteiger partial charge >= 0.3 is 0 Å². The van der Waals surface area contributed by atoms with Gasteiger partial charge in [0.2, 0.25) is 11.8 Å². The fourth-order valence-corrected chi connectivity index (χ4v) is 8.09. The second kappa shape index (κ2) is 17.0. The fourth-order valence-electron chi connectivity index (χ4n) is 6.11. The number of carbonyl (C=O) groups excluding carboxylic acids is 2. The van der Waals surface area contributed by atoms with E-state index in [9.17, 15) is 18.0 Å². The molecule has 0 bridgehead atoms. The lowest BCUT2D eigenvalue weighted by Gasteiger charge is -2.35. The number of nitrogens with zero attached hydrogens (tertiary/aromatic N) is 2. The third kappa shape index (κ3) is 9.31. The Balaban J connectivity index is 1.59. The Hall–Kier alpha value is -3.76. The molecule has 1 aliphatic rings. The lowest BCUT2D eigenvalue weighted by molar-refractivity contribution is -0.140. The van der Waals surface area contributed by atoms with E-state index < -0.39 is 28.5 Å². The van der Waals surface area contributed by atoms with Crippen molar-refractivity contribution >= 4 is 62.3 Å². The van der Waals surface area contributed by atoms with E-state index in [0.717, 1.165) is 47.5 Å². The molecule has 1 N–H and O–H groups in total. The van der Waals surface area contributed by atoms with Crippen molar-refractivity contribution in [2.75, 3.05) is 18.0 Å². The van der Waals surface area contributed by atoms with Gasteiger partial charge < -0.3 is 15.0 Å². The van der Waals surface area contributed by atoms with Gasteiger partial charge in [-0.15, -0.1) is 0 Å². The summed E-state index contributed by atoms with van der Waals surface area (Å²) >= 11 is 19.1. The zero-order chi connectivity index (χ0) is 35.8. The van der Waals surface area contributed by atoms with Gasteiger partial charge in [0.05, 0.1) is 32.8 Å². The SMILES string of the molecule is COc1ccc(N(CC(=O)N(Cc2ccc(Cl)c(Cl)c2)[C@@H](Cc2ccccc2)C(=O)NC2CCCCC2)S(=O)(=O)c2ccc(C)cc2)cc1Cl. The second-order valence-electron chi connectivity index (χ2n) is 12.5. The van der Waals surface area contributed by atoms with Gasteiger partial charge in [-0.2, -0.15) is 0 Å². The topological polar surface area (TPSA) is 96.0 Å². The summed E-state index contributed by atoms with van der Waals surface area (Å²) in [5, 5.41) is 4.01. The van der Waals surface area contributed by atoms with E-state index in [-0.39, 0.29) is 40.5 Å². The van der Waals surface area contributed by atoms with Crippen LogP contribution < -0.4 is 14.4 Å². The predicted octanol–water partition coefficient (Wildman–Crippen LogP) is 8.25. The molecule has 4 aromatic carbocycles. The first-order chi connectivity index (χ1) is 24.0. The van der Waals surface area contributed by atoms with Crippen LogP contribution in [0.15, 0.2) is 95.9 Å². The van der Waals surface area contributed by atoms with Crippen molar-refractivity contribution in [1.29, 1.82) is 0 Å². The van der Waals surface area contributed by atoms with Crippen LogP contribution in [0.4, 0.5) is 5.69 Å². The quantitative estimate of drug-likeness (QED) is 0.148. The monoisotopic (exact) mass is 755 g/mol. The van der Waals surface area contributed by atoms with Crippen molar-refractivity contribution in [1.82, 2.24) is 10.2 Å². The molecular formula is C38H40Cl3N3O5S. The van der Waals surface area contributed by atoms with Crippen molar-refractivity contribution in [2.24, 2.45) is 0 Å². The summed E-state index contributed by atoms with van der Waals surface area (Å²) in [4.78, 5) is 30.5. The third-order valence-corrected chi connectivity index (χ3v) is 11.7. The molecule has 2 amide bonds. The maximum absolute atomic E-state index is 14.8. The molecule has 264 valence electrons. The molecule has 0 radical (unpaired) electrons. The maximum Gasteiger partial charge on any atom is 0.264 e. The van der Waals surface area contributed by atoms with E-state index >= 15 is 0 Å². The first-order valence-corrected chi connectivity index (χ1v) is 19.0. The minimum absolute atomic E-state index is 0.00486. The van der Waals surface area contributed by atoms with Crippen LogP contribution in [0, 0.1) is 6.92 Å². The van der Waals surface area contributed by atoms with E-state index in [4.69, 9.17) is 39.5 Å². The summed E-state index contributed by atoms with van der Waals surface area (Å²) in [6, 6.07) is 24.3. The molecule has 5 rings (SSSR count). The van der Waals surface area contributed by atoms with E-state index in [0.29, 0.717) is 21.4 Å². The van der Waals surface area contributed by atoms with Gasteiger partial charge in [0.15, 0.2) is 0 Å². The van der Waals surface area contributed by atoms with Gasteiger partial charge in [-0.3, -0.25) is 13.9 Å². The lowest BCUT2D eigenvalue weighted by atomic mass is 9.94. The van der Waals surface area contributed by atoms with Crippen LogP contribution in [0.3, 0.4) is 0 Å². The highest BCUT2D eigenvalue weighted by molar-refractivity contribution is 7.92. The normalized spacial score (nSPS) is 14.1. The number of methoxy groups -OCH3 is 1. The molecular weight excluding hydrogens is 717 g/mol. The molecule has 1 atom stereocenters. The Morgan fingerprint density at radius 2 is 1.54 bits per heavy atom. The van der Waals surface area contributed by atoms with Crippen molar-refractivity contribution < 1.29 is 22.7 Å². The third-order valence-electron chi connectivity index (χ3n) is 8.87. The number of halogens is 3. The smallest absolute Gasteiger partial charge is 0.264 e. The standard InChI is InChI=1S/C38H40Cl3N3O5S/c1-26-13-17-31(18-14-26)50(47,48)44(30-16-20-36(49-2)34(41)23-30)25-37(45)43(24-28-15-19-32(39)33(40)21-28)35(22-27-9-5-3-6-10-27)38(46)42-29-11-7-4-8-12-29/h3,5-6,9-10,13-21,23,29,35H,4,7-8,11-12,22,24-25H2,1-2H3,(H,42,46)/t35-/m0/s1. The Labute approximate surface area is 309 Å². The number of nitrogens with one attached hydrogen (secondary N) is 1. The molecule has 4 aromatic rings. The van der Waals surface area contributed by atoms with Crippen LogP contribution in [0.5, 0.6) is 5.75 Å². The molecule has 0 spiro atoms. The van der Waals surface area contributed by atoms with Crippen LogP contribution in [0.25, 0.3) is 0 Å². The number of aryl methyl sites for hydroxylation is 1. The minimum atomic E-state index is -4.30. The number of hydrogen-bond donors (Lipinski definition) is 1. The number of amides is 2. The molecule has 1 fully saturated rings.